The summed E-state index contributed by atoms with van der Waals surface area (Å²) in [6, 6.07) is 12.0. The van der Waals surface area contributed by atoms with Gasteiger partial charge in [-0.15, -0.1) is 0 Å². The molecule has 3 rings (SSSR count). The summed E-state index contributed by atoms with van der Waals surface area (Å²) in [4.78, 5) is 11.9. The highest BCUT2D eigenvalue weighted by molar-refractivity contribution is 7.00. The van der Waals surface area contributed by atoms with Crippen molar-refractivity contribution in [2.45, 2.75) is 0 Å². The van der Waals surface area contributed by atoms with Crippen LogP contribution in [0, 0.1) is 0 Å². The van der Waals surface area contributed by atoms with E-state index in [1.54, 1.807) is 36.4 Å². The second-order valence-electron chi connectivity index (χ2n) is 4.03. The number of benzene rings is 2. The first-order chi connectivity index (χ1) is 9.72. The molecule has 2 aromatic carbocycles. The lowest BCUT2D eigenvalue weighted by Gasteiger charge is -2.08. The molecule has 3 aromatic rings. The Labute approximate surface area is 123 Å². The van der Waals surface area contributed by atoms with E-state index in [9.17, 15) is 4.79 Å². The Morgan fingerprint density at radius 1 is 1.05 bits per heavy atom. The molecule has 1 aromatic heterocycles. The summed E-state index contributed by atoms with van der Waals surface area (Å²) in [6.07, 6.45) is 0. The minimum Gasteiger partial charge on any atom is -0.308 e. The molecule has 0 atom stereocenters. The Morgan fingerprint density at radius 2 is 1.85 bits per heavy atom. The quantitative estimate of drug-likeness (QED) is 0.752. The average molecular weight is 305 g/mol. The summed E-state index contributed by atoms with van der Waals surface area (Å²) in [5.41, 5.74) is 2.77. The molecule has 0 aliphatic carbocycles. The number of carbonyl (C=O) groups excluding carboxylic acids is 1. The van der Waals surface area contributed by atoms with E-state index < -0.39 is 0 Å². The molecule has 0 saturated heterocycles. The molecule has 1 heterocycles. The van der Waals surface area contributed by atoms with Gasteiger partial charge in [0.15, 0.2) is 0 Å². The third-order valence-corrected chi connectivity index (χ3v) is 3.52. The smallest absolute Gasteiger partial charge is 0.308 e. The Morgan fingerprint density at radius 3 is 2.70 bits per heavy atom. The Bertz CT molecular complexity index is 774. The zero-order chi connectivity index (χ0) is 13.9. The van der Waals surface area contributed by atoms with Crippen molar-refractivity contribution in [3.63, 3.8) is 0 Å². The van der Waals surface area contributed by atoms with Gasteiger partial charge in [-0.05, 0) is 30.3 Å². The van der Waals surface area contributed by atoms with Gasteiger partial charge in [0.1, 0.15) is 11.0 Å². The van der Waals surface area contributed by atoms with Crippen LogP contribution in [-0.4, -0.2) is 14.8 Å². The summed E-state index contributed by atoms with van der Waals surface area (Å²) >= 11 is 7.11. The van der Waals surface area contributed by atoms with Crippen LogP contribution in [0.2, 0.25) is 5.02 Å². The molecule has 0 unspecified atom stereocenters. The van der Waals surface area contributed by atoms with Crippen LogP contribution in [0.4, 0.5) is 16.2 Å². The van der Waals surface area contributed by atoms with Crippen molar-refractivity contribution in [1.29, 1.82) is 0 Å². The number of urea groups is 1. The van der Waals surface area contributed by atoms with Crippen molar-refractivity contribution in [1.82, 2.24) is 8.75 Å². The van der Waals surface area contributed by atoms with Crippen molar-refractivity contribution >= 4 is 51.8 Å². The number of rotatable bonds is 2. The number of nitrogens with zero attached hydrogens (tertiary/aromatic N) is 2. The van der Waals surface area contributed by atoms with Crippen LogP contribution in [0.1, 0.15) is 0 Å². The van der Waals surface area contributed by atoms with Crippen molar-refractivity contribution in [3.8, 4) is 0 Å². The average Bonchev–Trinajstić information content (AvgIpc) is 2.89. The Hall–Kier alpha value is -2.18. The van der Waals surface area contributed by atoms with Crippen LogP contribution in [0.5, 0.6) is 0 Å². The minimum absolute atomic E-state index is 0.361. The number of anilines is 2. The standard InChI is InChI=1S/C13H9ClN4OS/c14-9-3-1-2-4-10(9)16-13(19)15-8-5-6-11-12(7-8)18-20-17-11/h1-7H,(H2,15,16,19). The second kappa shape index (κ2) is 5.44. The van der Waals surface area contributed by atoms with Gasteiger partial charge < -0.3 is 10.6 Å². The fourth-order valence-corrected chi connectivity index (χ4v) is 2.41. The fraction of sp³-hybridized carbons (Fsp3) is 0. The summed E-state index contributed by atoms with van der Waals surface area (Å²) < 4.78 is 8.23. The van der Waals surface area contributed by atoms with Crippen LogP contribution in [0.15, 0.2) is 42.5 Å². The lowest BCUT2D eigenvalue weighted by molar-refractivity contribution is 0.262. The molecule has 0 aliphatic heterocycles. The predicted octanol–water partition coefficient (Wildman–Crippen LogP) is 3.99. The van der Waals surface area contributed by atoms with Gasteiger partial charge in [0.05, 0.1) is 22.4 Å². The molecule has 20 heavy (non-hydrogen) atoms. The maximum absolute atomic E-state index is 11.9. The van der Waals surface area contributed by atoms with Gasteiger partial charge in [-0.3, -0.25) is 0 Å². The topological polar surface area (TPSA) is 66.9 Å². The van der Waals surface area contributed by atoms with Crippen molar-refractivity contribution < 1.29 is 4.79 Å². The van der Waals surface area contributed by atoms with Gasteiger partial charge in [0.25, 0.3) is 0 Å². The number of para-hydroxylation sites is 1. The SMILES string of the molecule is O=C(Nc1ccc2nsnc2c1)Nc1ccccc1Cl. The van der Waals surface area contributed by atoms with E-state index in [1.807, 2.05) is 6.07 Å². The van der Waals surface area contributed by atoms with E-state index in [0.717, 1.165) is 22.8 Å². The predicted molar refractivity (Wildman–Crippen MR) is 81.5 cm³/mol. The number of hydrogen-bond donors (Lipinski definition) is 2. The van der Waals surface area contributed by atoms with E-state index in [2.05, 4.69) is 19.4 Å². The number of amides is 2. The van der Waals surface area contributed by atoms with Crippen LogP contribution in [0.25, 0.3) is 11.0 Å². The van der Waals surface area contributed by atoms with Gasteiger partial charge >= 0.3 is 6.03 Å². The van der Waals surface area contributed by atoms with E-state index in [0.29, 0.717) is 16.4 Å². The van der Waals surface area contributed by atoms with Crippen molar-refractivity contribution in [2.75, 3.05) is 10.6 Å². The van der Waals surface area contributed by atoms with Gasteiger partial charge in [0, 0.05) is 5.69 Å². The lowest BCUT2D eigenvalue weighted by atomic mass is 10.3. The molecule has 0 bridgehead atoms. The number of carbonyl (C=O) groups is 1. The number of nitrogens with one attached hydrogen (secondary N) is 2. The van der Waals surface area contributed by atoms with Crippen LogP contribution in [-0.2, 0) is 0 Å². The lowest BCUT2D eigenvalue weighted by Crippen LogP contribution is -2.19. The first-order valence-corrected chi connectivity index (χ1v) is 6.88. The molecular weight excluding hydrogens is 296 g/mol. The summed E-state index contributed by atoms with van der Waals surface area (Å²) in [5, 5.41) is 5.90. The molecule has 0 spiro atoms. The highest BCUT2D eigenvalue weighted by Gasteiger charge is 2.06. The molecule has 2 N–H and O–H groups in total. The third-order valence-electron chi connectivity index (χ3n) is 2.63. The van der Waals surface area contributed by atoms with Crippen molar-refractivity contribution in [2.24, 2.45) is 0 Å². The molecule has 0 aliphatic rings. The van der Waals surface area contributed by atoms with Gasteiger partial charge in [-0.25, -0.2) is 4.79 Å². The van der Waals surface area contributed by atoms with Crippen molar-refractivity contribution in [3.05, 3.63) is 47.5 Å². The first-order valence-electron chi connectivity index (χ1n) is 5.77. The molecule has 0 saturated carbocycles. The highest BCUT2D eigenvalue weighted by Crippen LogP contribution is 2.21. The molecule has 0 radical (unpaired) electrons. The third kappa shape index (κ3) is 2.71. The number of aromatic nitrogens is 2. The molecule has 7 heteroatoms. The monoisotopic (exact) mass is 304 g/mol. The van der Waals surface area contributed by atoms with E-state index in [-0.39, 0.29) is 6.03 Å². The molecule has 0 fully saturated rings. The van der Waals surface area contributed by atoms with Gasteiger partial charge in [0.2, 0.25) is 0 Å². The van der Waals surface area contributed by atoms with Crippen LogP contribution >= 0.6 is 23.3 Å². The maximum Gasteiger partial charge on any atom is 0.323 e. The Kier molecular flexibility index (Phi) is 3.49. The Balaban J connectivity index is 1.74. The van der Waals surface area contributed by atoms with Gasteiger partial charge in [-0.1, -0.05) is 23.7 Å². The summed E-state index contributed by atoms with van der Waals surface area (Å²) in [6.45, 7) is 0. The van der Waals surface area contributed by atoms with Gasteiger partial charge in [-0.2, -0.15) is 8.75 Å². The number of hydrogen-bond acceptors (Lipinski definition) is 4. The molecule has 100 valence electrons. The summed E-state index contributed by atoms with van der Waals surface area (Å²) in [5.74, 6) is 0. The molecule has 5 nitrogen and oxygen atoms in total. The second-order valence-corrected chi connectivity index (χ2v) is 4.96. The van der Waals surface area contributed by atoms with E-state index in [1.165, 1.54) is 0 Å². The van der Waals surface area contributed by atoms with E-state index >= 15 is 0 Å². The minimum atomic E-state index is -0.361. The highest BCUT2D eigenvalue weighted by atomic mass is 35.5. The zero-order valence-electron chi connectivity index (χ0n) is 10.1. The fourth-order valence-electron chi connectivity index (χ4n) is 1.71. The molecular formula is C13H9ClN4OS. The normalized spacial score (nSPS) is 10.4. The largest absolute Gasteiger partial charge is 0.323 e. The zero-order valence-corrected chi connectivity index (χ0v) is 11.7. The van der Waals surface area contributed by atoms with E-state index in [4.69, 9.17) is 11.6 Å². The maximum atomic E-state index is 11.9. The first kappa shape index (κ1) is 12.8. The van der Waals surface area contributed by atoms with Crippen LogP contribution < -0.4 is 10.6 Å². The molecule has 2 amide bonds. The number of halogens is 1. The summed E-state index contributed by atoms with van der Waals surface area (Å²) in [7, 11) is 0. The van der Waals surface area contributed by atoms with Crippen LogP contribution in [0.3, 0.4) is 0 Å². The number of fused-ring (bicyclic) bond motifs is 1.